The summed E-state index contributed by atoms with van der Waals surface area (Å²) in [7, 11) is 0. The fraction of sp³-hybridized carbons (Fsp3) is 0.619. The van der Waals surface area contributed by atoms with Gasteiger partial charge in [-0.2, -0.15) is 37.9 Å². The Balaban J connectivity index is -0.00000152. The van der Waals surface area contributed by atoms with Crippen LogP contribution in [0.1, 0.15) is 46.0 Å². The van der Waals surface area contributed by atoms with Crippen molar-refractivity contribution in [3.05, 3.63) is 88.6 Å². The Morgan fingerprint density at radius 1 is 0.255 bits per heavy atom. The van der Waals surface area contributed by atoms with Crippen LogP contribution in [0.4, 0.5) is 0 Å². The zero-order valence-corrected chi connectivity index (χ0v) is 57.0. The van der Waals surface area contributed by atoms with E-state index >= 15 is 0 Å². The van der Waals surface area contributed by atoms with Crippen molar-refractivity contribution in [2.45, 2.75) is 46.0 Å². The molecule has 94 heavy (non-hydrogen) atoms. The molecule has 0 heterocycles. The zero-order valence-electron chi connectivity index (χ0n) is 54.3. The van der Waals surface area contributed by atoms with E-state index in [-0.39, 0.29) is 191 Å². The van der Waals surface area contributed by atoms with Crippen molar-refractivity contribution in [1.82, 2.24) is 0 Å². The van der Waals surface area contributed by atoms with Crippen molar-refractivity contribution < 1.29 is 133 Å². The number of thiol groups is 3. The SMILES string of the molecule is C=CC(=O)OCC(CC)(COC(=O)C=C)COC(=O)C=C.C=CC(=O)OCCOCCOCC(COCCOCCOC(=O)C=C)(COCCOCCOC(=O)C=C)COCCOCCOC(=O)C=C.CCC(COC(=O)CCS)(COC(=O)CCS)COC(=O)CCS. The molecule has 0 unspecified atom stereocenters. The minimum Gasteiger partial charge on any atom is -0.465 e. The monoisotopic (exact) mass is 1400 g/mol. The lowest BCUT2D eigenvalue weighted by atomic mass is 9.88. The highest BCUT2D eigenvalue weighted by Crippen LogP contribution is 2.27. The van der Waals surface area contributed by atoms with Gasteiger partial charge in [0.05, 0.1) is 141 Å². The Morgan fingerprint density at radius 3 is 0.628 bits per heavy atom. The van der Waals surface area contributed by atoms with Crippen molar-refractivity contribution >= 4 is 97.6 Å². The molecule has 0 saturated carbocycles. The fourth-order valence-electron chi connectivity index (χ4n) is 6.23. The first kappa shape index (κ1) is 91.8. The summed E-state index contributed by atoms with van der Waals surface area (Å²) in [4.78, 5) is 113. The summed E-state index contributed by atoms with van der Waals surface area (Å²) in [5.41, 5.74) is -2.39. The maximum atomic E-state index is 11.6. The average Bonchev–Trinajstić information content (AvgIpc) is 0.944. The molecule has 0 aromatic heterocycles. The fourth-order valence-corrected chi connectivity index (χ4v) is 6.78. The number of rotatable bonds is 59. The lowest BCUT2D eigenvalue weighted by Crippen LogP contribution is -2.43. The summed E-state index contributed by atoms with van der Waals surface area (Å²) in [6, 6.07) is 0. The lowest BCUT2D eigenvalue weighted by Gasteiger charge is -2.33. The van der Waals surface area contributed by atoms with Gasteiger partial charge in [0.1, 0.15) is 66.1 Å². The van der Waals surface area contributed by atoms with Gasteiger partial charge in [0, 0.05) is 59.8 Å². The maximum absolute atomic E-state index is 11.6. The second kappa shape index (κ2) is 62.7. The first-order valence-corrected chi connectivity index (χ1v) is 31.5. The number of hydrogen-bond donors (Lipinski definition) is 3. The maximum Gasteiger partial charge on any atom is 0.330 e. The molecule has 31 heteroatoms. The van der Waals surface area contributed by atoms with E-state index < -0.39 is 75.9 Å². The summed E-state index contributed by atoms with van der Waals surface area (Å²) < 4.78 is 95.7. The molecule has 0 bridgehead atoms. The van der Waals surface area contributed by atoms with Gasteiger partial charge in [-0.25, -0.2) is 33.6 Å². The quantitative estimate of drug-likeness (QED) is 0.0247. The lowest BCUT2D eigenvalue weighted by molar-refractivity contribution is -0.162. The van der Waals surface area contributed by atoms with E-state index in [2.05, 4.69) is 83.9 Å². The first-order chi connectivity index (χ1) is 45.2. The summed E-state index contributed by atoms with van der Waals surface area (Å²) in [5.74, 6) is -4.02. The van der Waals surface area contributed by atoms with E-state index in [1.807, 2.05) is 6.92 Å². The van der Waals surface area contributed by atoms with Crippen molar-refractivity contribution in [2.24, 2.45) is 16.2 Å². The van der Waals surface area contributed by atoms with Crippen LogP contribution >= 0.6 is 37.9 Å². The van der Waals surface area contributed by atoms with Gasteiger partial charge in [-0.15, -0.1) is 0 Å². The standard InChI is InChI=1S/C33H52O16.C15H26O6S3.C15H20O6/c1-5-29(34)46-21-17-38-9-13-42-25-33(26-43-14-10-39-18-22-47-30(35)6-2,27-44-15-11-40-19-23-48-31(36)7-3)28-45-16-12-41-20-24-49-32(37)8-4;1-2-15(9-19-12(16)3-6-22,10-20-13(17)4-7-23)11-21-14(18)5-8-24;1-5-12(16)19-9-15(8-4,10-20-13(17)6-2)11-21-14(18)7-3/h5-8H,1-4,9-28H2;22-24H,2-11H2,1H3;5-7H,1-3,8-11H2,4H3. The third-order valence-corrected chi connectivity index (χ3v) is 12.5. The summed E-state index contributed by atoms with van der Waals surface area (Å²) in [6.07, 6.45) is 8.85. The van der Waals surface area contributed by atoms with E-state index in [9.17, 15) is 47.9 Å². The Morgan fingerprint density at radius 2 is 0.436 bits per heavy atom. The van der Waals surface area contributed by atoms with Crippen LogP contribution in [0.25, 0.3) is 0 Å². The first-order valence-electron chi connectivity index (χ1n) is 29.6. The molecular formula is C63H98O28S3. The van der Waals surface area contributed by atoms with Crippen LogP contribution in [0.15, 0.2) is 88.6 Å². The summed E-state index contributed by atoms with van der Waals surface area (Å²) in [5, 5.41) is 0. The van der Waals surface area contributed by atoms with Gasteiger partial charge < -0.3 is 85.3 Å². The van der Waals surface area contributed by atoms with Crippen molar-refractivity contribution in [1.29, 1.82) is 0 Å². The number of esters is 10. The highest BCUT2D eigenvalue weighted by atomic mass is 32.1. The number of ether oxygens (including phenoxy) is 18. The van der Waals surface area contributed by atoms with Crippen LogP contribution in [0.2, 0.25) is 0 Å². The summed E-state index contributed by atoms with van der Waals surface area (Å²) >= 11 is 11.9. The van der Waals surface area contributed by atoms with Crippen LogP contribution in [-0.4, -0.2) is 249 Å². The number of carbonyl (C=O) groups is 10. The molecule has 0 radical (unpaired) electrons. The molecule has 0 aromatic carbocycles. The average molecular weight is 1400 g/mol. The Kier molecular flexibility index (Phi) is 61.2. The van der Waals surface area contributed by atoms with Gasteiger partial charge in [0.2, 0.25) is 0 Å². The minimum absolute atomic E-state index is 0.00157. The second-order valence-corrected chi connectivity index (χ2v) is 20.5. The Bertz CT molecular complexity index is 1960. The van der Waals surface area contributed by atoms with Crippen molar-refractivity contribution in [2.75, 3.05) is 189 Å². The molecule has 28 nitrogen and oxygen atoms in total. The van der Waals surface area contributed by atoms with Gasteiger partial charge >= 0.3 is 59.7 Å². The predicted octanol–water partition coefficient (Wildman–Crippen LogP) is 4.56. The molecule has 0 atom stereocenters. The molecule has 0 aliphatic heterocycles. The topological polar surface area (TPSA) is 337 Å². The predicted molar refractivity (Wildman–Crippen MR) is 351 cm³/mol. The van der Waals surface area contributed by atoms with Crippen LogP contribution in [-0.2, 0) is 133 Å². The van der Waals surface area contributed by atoms with E-state index in [0.29, 0.717) is 30.1 Å². The van der Waals surface area contributed by atoms with Crippen LogP contribution < -0.4 is 0 Å². The van der Waals surface area contributed by atoms with Gasteiger partial charge in [0.15, 0.2) is 0 Å². The zero-order chi connectivity index (χ0) is 71.0. The van der Waals surface area contributed by atoms with E-state index in [0.717, 1.165) is 42.5 Å². The summed E-state index contributed by atoms with van der Waals surface area (Å²) in [6.45, 7) is 30.2. The molecule has 0 aliphatic carbocycles. The van der Waals surface area contributed by atoms with Gasteiger partial charge in [0.25, 0.3) is 0 Å². The van der Waals surface area contributed by atoms with E-state index in [1.165, 1.54) is 0 Å². The van der Waals surface area contributed by atoms with Crippen molar-refractivity contribution in [3.63, 3.8) is 0 Å². The molecule has 0 fully saturated rings. The van der Waals surface area contributed by atoms with Crippen LogP contribution in [0.5, 0.6) is 0 Å². The number of carbonyl (C=O) groups excluding carboxylic acids is 10. The molecule has 0 rings (SSSR count). The molecule has 0 amide bonds. The third-order valence-electron chi connectivity index (χ3n) is 11.8. The highest BCUT2D eigenvalue weighted by molar-refractivity contribution is 7.80. The Hall–Kier alpha value is -6.39. The highest BCUT2D eigenvalue weighted by Gasteiger charge is 2.36. The van der Waals surface area contributed by atoms with Crippen LogP contribution in [0.3, 0.4) is 0 Å². The molecular weight excluding hydrogens is 1300 g/mol. The molecule has 0 aliphatic rings. The second-order valence-electron chi connectivity index (χ2n) is 19.2. The smallest absolute Gasteiger partial charge is 0.330 e. The minimum atomic E-state index is -0.837. The molecule has 0 spiro atoms. The van der Waals surface area contributed by atoms with Crippen molar-refractivity contribution in [3.8, 4) is 0 Å². The molecule has 536 valence electrons. The molecule has 0 saturated heterocycles. The van der Waals surface area contributed by atoms with Gasteiger partial charge in [-0.05, 0) is 12.8 Å². The van der Waals surface area contributed by atoms with Gasteiger partial charge in [-0.1, -0.05) is 59.9 Å². The van der Waals surface area contributed by atoms with E-state index in [4.69, 9.17) is 85.3 Å². The normalized spacial score (nSPS) is 10.8. The van der Waals surface area contributed by atoms with Gasteiger partial charge in [-0.3, -0.25) is 14.4 Å². The van der Waals surface area contributed by atoms with Crippen LogP contribution in [0, 0.1) is 16.2 Å². The largest absolute Gasteiger partial charge is 0.465 e. The molecule has 0 aromatic rings. The molecule has 0 N–H and O–H groups in total. The van der Waals surface area contributed by atoms with E-state index in [1.54, 1.807) is 6.92 Å². The third kappa shape index (κ3) is 53.9. The number of hydrogen-bond acceptors (Lipinski definition) is 31. The Labute approximate surface area is 568 Å².